The molecule has 1 atom stereocenters. The van der Waals surface area contributed by atoms with Gasteiger partial charge in [-0.05, 0) is 30.9 Å². The number of allylic oxidation sites excluding steroid dienone is 2. The van der Waals surface area contributed by atoms with E-state index in [1.807, 2.05) is 42.5 Å². The summed E-state index contributed by atoms with van der Waals surface area (Å²) in [6, 6.07) is 18.1. The second kappa shape index (κ2) is 6.40. The minimum absolute atomic E-state index is 0.0961. The Morgan fingerprint density at radius 3 is 2.48 bits per heavy atom. The zero-order valence-electron chi connectivity index (χ0n) is 12.0. The third kappa shape index (κ3) is 3.22. The van der Waals surface area contributed by atoms with Crippen LogP contribution >= 0.6 is 0 Å². The molecule has 0 aliphatic heterocycles. The molecular formula is C19H19NO. The molecule has 0 saturated carbocycles. The lowest BCUT2D eigenvalue weighted by atomic mass is 9.93. The highest BCUT2D eigenvalue weighted by Crippen LogP contribution is 2.29. The molecule has 0 spiro atoms. The Morgan fingerprint density at radius 1 is 0.952 bits per heavy atom. The SMILES string of the molecule is O=C(Nc1ccccc1-c1ccccc1)C1CC=CCC1. The molecule has 2 aromatic carbocycles. The molecule has 106 valence electrons. The van der Waals surface area contributed by atoms with Gasteiger partial charge in [0.2, 0.25) is 5.91 Å². The van der Waals surface area contributed by atoms with Crippen LogP contribution in [0.5, 0.6) is 0 Å². The zero-order valence-corrected chi connectivity index (χ0v) is 12.0. The summed E-state index contributed by atoms with van der Waals surface area (Å²) in [6.07, 6.45) is 7.05. The van der Waals surface area contributed by atoms with Crippen molar-refractivity contribution >= 4 is 11.6 Å². The normalized spacial score (nSPS) is 17.4. The van der Waals surface area contributed by atoms with Crippen LogP contribution in [0.3, 0.4) is 0 Å². The highest BCUT2D eigenvalue weighted by Gasteiger charge is 2.19. The molecule has 0 bridgehead atoms. The van der Waals surface area contributed by atoms with Gasteiger partial charge < -0.3 is 5.32 Å². The van der Waals surface area contributed by atoms with Crippen LogP contribution in [0, 0.1) is 5.92 Å². The monoisotopic (exact) mass is 277 g/mol. The van der Waals surface area contributed by atoms with Crippen molar-refractivity contribution in [3.63, 3.8) is 0 Å². The van der Waals surface area contributed by atoms with Crippen molar-refractivity contribution in [3.8, 4) is 11.1 Å². The first kappa shape index (κ1) is 13.6. The van der Waals surface area contributed by atoms with Crippen LogP contribution < -0.4 is 5.32 Å². The van der Waals surface area contributed by atoms with Gasteiger partial charge in [-0.25, -0.2) is 0 Å². The number of anilines is 1. The van der Waals surface area contributed by atoms with E-state index in [0.29, 0.717) is 0 Å². The van der Waals surface area contributed by atoms with E-state index in [-0.39, 0.29) is 11.8 Å². The number of nitrogens with one attached hydrogen (secondary N) is 1. The van der Waals surface area contributed by atoms with Gasteiger partial charge in [-0.2, -0.15) is 0 Å². The summed E-state index contributed by atoms with van der Waals surface area (Å²) in [5, 5.41) is 3.11. The summed E-state index contributed by atoms with van der Waals surface area (Å²) < 4.78 is 0. The molecule has 2 nitrogen and oxygen atoms in total. The number of carbonyl (C=O) groups is 1. The summed E-state index contributed by atoms with van der Waals surface area (Å²) in [7, 11) is 0. The van der Waals surface area contributed by atoms with Gasteiger partial charge in [0.05, 0.1) is 0 Å². The van der Waals surface area contributed by atoms with Crippen LogP contribution in [0.4, 0.5) is 5.69 Å². The molecule has 0 saturated heterocycles. The summed E-state index contributed by atoms with van der Waals surface area (Å²) in [6.45, 7) is 0. The molecule has 1 aliphatic rings. The topological polar surface area (TPSA) is 29.1 Å². The Bertz CT molecular complexity index is 646. The molecule has 1 N–H and O–H groups in total. The van der Waals surface area contributed by atoms with Crippen LogP contribution in [-0.4, -0.2) is 5.91 Å². The highest BCUT2D eigenvalue weighted by molar-refractivity contribution is 5.96. The van der Waals surface area contributed by atoms with Crippen LogP contribution in [0.15, 0.2) is 66.7 Å². The van der Waals surface area contributed by atoms with Crippen LogP contribution in [0.25, 0.3) is 11.1 Å². The molecule has 0 heterocycles. The number of hydrogen-bond donors (Lipinski definition) is 1. The van der Waals surface area contributed by atoms with Crippen molar-refractivity contribution in [2.75, 3.05) is 5.32 Å². The van der Waals surface area contributed by atoms with E-state index in [0.717, 1.165) is 36.1 Å². The van der Waals surface area contributed by atoms with Gasteiger partial charge in [0.15, 0.2) is 0 Å². The lowest BCUT2D eigenvalue weighted by Crippen LogP contribution is -2.23. The first-order chi connectivity index (χ1) is 10.3. The molecule has 1 amide bonds. The quantitative estimate of drug-likeness (QED) is 0.813. The molecule has 21 heavy (non-hydrogen) atoms. The van der Waals surface area contributed by atoms with E-state index in [1.54, 1.807) is 0 Å². The van der Waals surface area contributed by atoms with Crippen molar-refractivity contribution in [2.24, 2.45) is 5.92 Å². The lowest BCUT2D eigenvalue weighted by Gasteiger charge is -2.18. The fourth-order valence-electron chi connectivity index (χ4n) is 2.73. The van der Waals surface area contributed by atoms with Crippen molar-refractivity contribution in [1.29, 1.82) is 0 Å². The Kier molecular flexibility index (Phi) is 4.15. The van der Waals surface area contributed by atoms with Crippen LogP contribution in [0.2, 0.25) is 0 Å². The number of rotatable bonds is 3. The fourth-order valence-corrected chi connectivity index (χ4v) is 2.73. The molecule has 1 unspecified atom stereocenters. The minimum atomic E-state index is 0.0961. The summed E-state index contributed by atoms with van der Waals surface area (Å²) >= 11 is 0. The predicted octanol–water partition coefficient (Wildman–Crippen LogP) is 4.65. The average molecular weight is 277 g/mol. The Balaban J connectivity index is 1.83. The number of carbonyl (C=O) groups excluding carboxylic acids is 1. The number of benzene rings is 2. The average Bonchev–Trinajstić information content (AvgIpc) is 2.57. The molecule has 0 radical (unpaired) electrons. The van der Waals surface area contributed by atoms with E-state index >= 15 is 0 Å². The van der Waals surface area contributed by atoms with Gasteiger partial charge in [0.25, 0.3) is 0 Å². The van der Waals surface area contributed by atoms with Gasteiger partial charge in [0, 0.05) is 17.2 Å². The first-order valence-corrected chi connectivity index (χ1v) is 7.45. The minimum Gasteiger partial charge on any atom is -0.325 e. The van der Waals surface area contributed by atoms with Gasteiger partial charge >= 0.3 is 0 Å². The van der Waals surface area contributed by atoms with Crippen LogP contribution in [-0.2, 0) is 4.79 Å². The summed E-state index contributed by atoms with van der Waals surface area (Å²) in [4.78, 5) is 12.4. The molecule has 3 rings (SSSR count). The Labute approximate surface area is 125 Å². The first-order valence-electron chi connectivity index (χ1n) is 7.45. The second-order valence-electron chi connectivity index (χ2n) is 5.38. The molecule has 0 aromatic heterocycles. The molecule has 1 aliphatic carbocycles. The summed E-state index contributed by atoms with van der Waals surface area (Å²) in [5.41, 5.74) is 3.08. The van der Waals surface area contributed by atoms with Crippen molar-refractivity contribution < 1.29 is 4.79 Å². The molecule has 0 fully saturated rings. The van der Waals surface area contributed by atoms with Gasteiger partial charge in [-0.3, -0.25) is 4.79 Å². The van der Waals surface area contributed by atoms with Gasteiger partial charge in [-0.15, -0.1) is 0 Å². The highest BCUT2D eigenvalue weighted by atomic mass is 16.1. The van der Waals surface area contributed by atoms with E-state index in [9.17, 15) is 4.79 Å². The van der Waals surface area contributed by atoms with Gasteiger partial charge in [-0.1, -0.05) is 60.7 Å². The number of para-hydroxylation sites is 1. The second-order valence-corrected chi connectivity index (χ2v) is 5.38. The van der Waals surface area contributed by atoms with Crippen LogP contribution in [0.1, 0.15) is 19.3 Å². The Hall–Kier alpha value is -2.35. The maximum Gasteiger partial charge on any atom is 0.227 e. The molecule has 2 heteroatoms. The number of hydrogen-bond acceptors (Lipinski definition) is 1. The third-order valence-electron chi connectivity index (χ3n) is 3.91. The maximum absolute atomic E-state index is 12.4. The van der Waals surface area contributed by atoms with Crippen molar-refractivity contribution in [1.82, 2.24) is 0 Å². The third-order valence-corrected chi connectivity index (χ3v) is 3.91. The summed E-state index contributed by atoms with van der Waals surface area (Å²) in [5.74, 6) is 0.224. The predicted molar refractivity (Wildman–Crippen MR) is 87.0 cm³/mol. The van der Waals surface area contributed by atoms with E-state index in [1.165, 1.54) is 0 Å². The smallest absolute Gasteiger partial charge is 0.227 e. The fraction of sp³-hybridized carbons (Fsp3) is 0.211. The van der Waals surface area contributed by atoms with Crippen molar-refractivity contribution in [3.05, 3.63) is 66.7 Å². The maximum atomic E-state index is 12.4. The van der Waals surface area contributed by atoms with Crippen molar-refractivity contribution in [2.45, 2.75) is 19.3 Å². The van der Waals surface area contributed by atoms with E-state index in [4.69, 9.17) is 0 Å². The zero-order chi connectivity index (χ0) is 14.5. The Morgan fingerprint density at radius 2 is 1.71 bits per heavy atom. The van der Waals surface area contributed by atoms with E-state index in [2.05, 4.69) is 29.6 Å². The largest absolute Gasteiger partial charge is 0.325 e. The molecule has 2 aromatic rings. The van der Waals surface area contributed by atoms with E-state index < -0.39 is 0 Å². The lowest BCUT2D eigenvalue weighted by molar-refractivity contribution is -0.120. The number of amides is 1. The van der Waals surface area contributed by atoms with Gasteiger partial charge in [0.1, 0.15) is 0 Å². The molecular weight excluding hydrogens is 258 g/mol. The standard InChI is InChI=1S/C19H19NO/c21-19(16-11-5-2-6-12-16)20-18-14-8-7-13-17(18)15-9-3-1-4-10-15/h1-5,7-10,13-14,16H,6,11-12H2,(H,20,21).